The summed E-state index contributed by atoms with van der Waals surface area (Å²) in [6, 6.07) is 18.4. The Morgan fingerprint density at radius 1 is 1.04 bits per heavy atom. The van der Waals surface area contributed by atoms with Crippen LogP contribution < -0.4 is 10.1 Å². The van der Waals surface area contributed by atoms with Crippen LogP contribution in [0.15, 0.2) is 60.7 Å². The third-order valence-electron chi connectivity index (χ3n) is 3.67. The largest absolute Gasteiger partial charge is 0.508 e. The van der Waals surface area contributed by atoms with Gasteiger partial charge in [0, 0.05) is 11.3 Å². The number of benzene rings is 3. The summed E-state index contributed by atoms with van der Waals surface area (Å²) in [7, 11) is 1.59. The van der Waals surface area contributed by atoms with E-state index < -0.39 is 0 Å². The number of hydrogen-bond acceptors (Lipinski definition) is 3. The first-order chi connectivity index (χ1) is 11.2. The number of carbonyl (C=O) groups is 1. The molecule has 0 radical (unpaired) electrons. The van der Waals surface area contributed by atoms with E-state index in [0.717, 1.165) is 16.5 Å². The molecule has 3 rings (SSSR count). The zero-order valence-corrected chi connectivity index (χ0v) is 12.7. The normalized spacial score (nSPS) is 10.5. The quantitative estimate of drug-likeness (QED) is 0.772. The molecule has 3 aromatic rings. The van der Waals surface area contributed by atoms with Crippen molar-refractivity contribution in [1.29, 1.82) is 0 Å². The van der Waals surface area contributed by atoms with E-state index in [2.05, 4.69) is 5.32 Å². The van der Waals surface area contributed by atoms with Crippen molar-refractivity contribution in [2.24, 2.45) is 0 Å². The topological polar surface area (TPSA) is 58.6 Å². The van der Waals surface area contributed by atoms with Gasteiger partial charge in [-0.3, -0.25) is 4.79 Å². The summed E-state index contributed by atoms with van der Waals surface area (Å²) in [5.74, 6) is 0.685. The fourth-order valence-corrected chi connectivity index (χ4v) is 2.47. The summed E-state index contributed by atoms with van der Waals surface area (Å²) < 4.78 is 5.08. The summed E-state index contributed by atoms with van der Waals surface area (Å²) in [4.78, 5) is 12.2. The Morgan fingerprint density at radius 3 is 2.35 bits per heavy atom. The molecule has 4 nitrogen and oxygen atoms in total. The number of amides is 1. The van der Waals surface area contributed by atoms with Gasteiger partial charge in [0.05, 0.1) is 13.5 Å². The molecule has 4 heteroatoms. The molecule has 23 heavy (non-hydrogen) atoms. The number of nitrogens with one attached hydrogen (secondary N) is 1. The molecular weight excluding hydrogens is 290 g/mol. The Labute approximate surface area is 134 Å². The minimum atomic E-state index is -0.180. The van der Waals surface area contributed by atoms with Crippen molar-refractivity contribution in [3.8, 4) is 11.5 Å². The molecule has 0 aromatic heterocycles. The maximum absolute atomic E-state index is 12.2. The van der Waals surface area contributed by atoms with Crippen molar-refractivity contribution >= 4 is 22.4 Å². The predicted octanol–water partition coefficient (Wildman–Crippen LogP) is 3.74. The SMILES string of the molecule is COc1ccc(NC(=O)Cc2cc3ccccc3cc2O)cc1. The second-order valence-electron chi connectivity index (χ2n) is 5.28. The number of aromatic hydroxyl groups is 1. The van der Waals surface area contributed by atoms with E-state index in [1.807, 2.05) is 30.3 Å². The number of anilines is 1. The zero-order chi connectivity index (χ0) is 16.2. The maximum atomic E-state index is 12.2. The van der Waals surface area contributed by atoms with E-state index in [9.17, 15) is 9.90 Å². The fraction of sp³-hybridized carbons (Fsp3) is 0.105. The van der Waals surface area contributed by atoms with Crippen molar-refractivity contribution in [3.63, 3.8) is 0 Å². The molecule has 3 aromatic carbocycles. The lowest BCUT2D eigenvalue weighted by Gasteiger charge is -2.09. The Morgan fingerprint density at radius 2 is 1.70 bits per heavy atom. The Bertz CT molecular complexity index is 841. The van der Waals surface area contributed by atoms with Crippen LogP contribution in [0.25, 0.3) is 10.8 Å². The first-order valence-electron chi connectivity index (χ1n) is 7.30. The number of carbonyl (C=O) groups excluding carboxylic acids is 1. The van der Waals surface area contributed by atoms with Crippen LogP contribution in [0.5, 0.6) is 11.5 Å². The molecule has 0 heterocycles. The van der Waals surface area contributed by atoms with Crippen LogP contribution in [0.1, 0.15) is 5.56 Å². The third-order valence-corrected chi connectivity index (χ3v) is 3.67. The lowest BCUT2D eigenvalue weighted by Crippen LogP contribution is -2.14. The van der Waals surface area contributed by atoms with E-state index in [-0.39, 0.29) is 18.1 Å². The van der Waals surface area contributed by atoms with Gasteiger partial charge in [0.15, 0.2) is 0 Å². The molecule has 0 saturated carbocycles. The molecule has 0 aliphatic carbocycles. The van der Waals surface area contributed by atoms with Crippen molar-refractivity contribution in [3.05, 3.63) is 66.2 Å². The van der Waals surface area contributed by atoms with Crippen LogP contribution in [0, 0.1) is 0 Å². The van der Waals surface area contributed by atoms with Crippen molar-refractivity contribution in [2.75, 3.05) is 12.4 Å². The number of hydrogen-bond donors (Lipinski definition) is 2. The lowest BCUT2D eigenvalue weighted by atomic mass is 10.0. The highest BCUT2D eigenvalue weighted by Gasteiger charge is 2.09. The van der Waals surface area contributed by atoms with E-state index in [1.165, 1.54) is 0 Å². The minimum Gasteiger partial charge on any atom is -0.508 e. The highest BCUT2D eigenvalue weighted by molar-refractivity contribution is 5.94. The van der Waals surface area contributed by atoms with Gasteiger partial charge in [-0.05, 0) is 47.2 Å². The molecule has 0 aliphatic rings. The van der Waals surface area contributed by atoms with Crippen LogP contribution >= 0.6 is 0 Å². The summed E-state index contributed by atoms with van der Waals surface area (Å²) in [6.07, 6.45) is 0.114. The molecular formula is C19H17NO3. The van der Waals surface area contributed by atoms with Gasteiger partial charge >= 0.3 is 0 Å². The molecule has 0 saturated heterocycles. The zero-order valence-electron chi connectivity index (χ0n) is 12.7. The second kappa shape index (κ2) is 6.40. The van der Waals surface area contributed by atoms with Crippen molar-refractivity contribution in [2.45, 2.75) is 6.42 Å². The number of ether oxygens (including phenoxy) is 1. The van der Waals surface area contributed by atoms with Crippen LogP contribution in [0.3, 0.4) is 0 Å². The standard InChI is InChI=1S/C19H17NO3/c1-23-17-8-6-16(7-9-17)20-19(22)12-15-10-13-4-2-3-5-14(13)11-18(15)21/h2-11,21H,12H2,1H3,(H,20,22). The number of fused-ring (bicyclic) bond motifs is 1. The van der Waals surface area contributed by atoms with Crippen LogP contribution in [0.4, 0.5) is 5.69 Å². The highest BCUT2D eigenvalue weighted by Crippen LogP contribution is 2.25. The van der Waals surface area contributed by atoms with Crippen molar-refractivity contribution in [1.82, 2.24) is 0 Å². The molecule has 116 valence electrons. The van der Waals surface area contributed by atoms with E-state index in [1.54, 1.807) is 37.4 Å². The summed E-state index contributed by atoms with van der Waals surface area (Å²) in [5.41, 5.74) is 1.30. The molecule has 2 N–H and O–H groups in total. The number of phenolic OH excluding ortho intramolecular Hbond substituents is 1. The van der Waals surface area contributed by atoms with Gasteiger partial charge in [-0.1, -0.05) is 24.3 Å². The Kier molecular flexibility index (Phi) is 4.15. The second-order valence-corrected chi connectivity index (χ2v) is 5.28. The molecule has 0 spiro atoms. The minimum absolute atomic E-state index is 0.114. The van der Waals surface area contributed by atoms with E-state index >= 15 is 0 Å². The van der Waals surface area contributed by atoms with Crippen LogP contribution in [0.2, 0.25) is 0 Å². The number of rotatable bonds is 4. The lowest BCUT2D eigenvalue weighted by molar-refractivity contribution is -0.115. The average Bonchev–Trinajstić information content (AvgIpc) is 2.56. The summed E-state index contributed by atoms with van der Waals surface area (Å²) in [5, 5.41) is 14.9. The van der Waals surface area contributed by atoms with E-state index in [0.29, 0.717) is 11.3 Å². The van der Waals surface area contributed by atoms with Gasteiger partial charge in [0.25, 0.3) is 0 Å². The smallest absolute Gasteiger partial charge is 0.228 e. The molecule has 0 atom stereocenters. The van der Waals surface area contributed by atoms with Crippen LogP contribution in [-0.2, 0) is 11.2 Å². The molecule has 0 fully saturated rings. The predicted molar refractivity (Wildman–Crippen MR) is 90.9 cm³/mol. The van der Waals surface area contributed by atoms with E-state index in [4.69, 9.17) is 4.74 Å². The number of phenols is 1. The van der Waals surface area contributed by atoms with Gasteiger partial charge in [-0.25, -0.2) is 0 Å². The summed E-state index contributed by atoms with van der Waals surface area (Å²) >= 11 is 0. The molecule has 0 bridgehead atoms. The van der Waals surface area contributed by atoms with Crippen LogP contribution in [-0.4, -0.2) is 18.1 Å². The highest BCUT2D eigenvalue weighted by atomic mass is 16.5. The van der Waals surface area contributed by atoms with Gasteiger partial charge in [-0.2, -0.15) is 0 Å². The van der Waals surface area contributed by atoms with Gasteiger partial charge in [0.1, 0.15) is 11.5 Å². The first-order valence-corrected chi connectivity index (χ1v) is 7.30. The molecule has 0 aliphatic heterocycles. The van der Waals surface area contributed by atoms with Gasteiger partial charge < -0.3 is 15.2 Å². The first kappa shape index (κ1) is 14.9. The monoisotopic (exact) mass is 307 g/mol. The van der Waals surface area contributed by atoms with Crippen molar-refractivity contribution < 1.29 is 14.6 Å². The molecule has 0 unspecified atom stereocenters. The third kappa shape index (κ3) is 3.43. The van der Waals surface area contributed by atoms with Gasteiger partial charge in [-0.15, -0.1) is 0 Å². The molecule has 1 amide bonds. The Balaban J connectivity index is 1.75. The van der Waals surface area contributed by atoms with Gasteiger partial charge in [0.2, 0.25) is 5.91 Å². The fourth-order valence-electron chi connectivity index (χ4n) is 2.47. The average molecular weight is 307 g/mol. The number of methoxy groups -OCH3 is 1. The summed E-state index contributed by atoms with van der Waals surface area (Å²) in [6.45, 7) is 0. The maximum Gasteiger partial charge on any atom is 0.228 e. The Hall–Kier alpha value is -3.01.